The number of hydrogen-bond acceptors (Lipinski definition) is 3. The number of nitrogens with zero attached hydrogens (tertiary/aromatic N) is 2. The number of carbonyl (C=O) groups excluding carboxylic acids is 1. The number of nitrogens with two attached hydrogens (primary N) is 1. The third kappa shape index (κ3) is 2.16. The molecule has 1 aromatic rings. The van der Waals surface area contributed by atoms with Gasteiger partial charge in [0.15, 0.2) is 10.9 Å². The fourth-order valence-electron chi connectivity index (χ4n) is 1.69. The van der Waals surface area contributed by atoms with Crippen LogP contribution in [0.1, 0.15) is 10.6 Å². The van der Waals surface area contributed by atoms with Crippen LogP contribution in [0.25, 0.3) is 0 Å². The molecule has 1 aliphatic heterocycles. The molecule has 2 N–H and O–H groups in total. The minimum atomic E-state index is -0.0763. The van der Waals surface area contributed by atoms with Gasteiger partial charge in [0.2, 0.25) is 0 Å². The summed E-state index contributed by atoms with van der Waals surface area (Å²) in [7, 11) is 0. The predicted molar refractivity (Wildman–Crippen MR) is 63.0 cm³/mol. The molecule has 2 rings (SSSR count). The Morgan fingerprint density at radius 1 is 1.31 bits per heavy atom. The zero-order chi connectivity index (χ0) is 11.5. The Bertz CT molecular complexity index is 383. The zero-order valence-corrected chi connectivity index (χ0v) is 9.57. The van der Waals surface area contributed by atoms with Crippen LogP contribution in [-0.4, -0.2) is 47.0 Å². The predicted octanol–water partition coefficient (Wildman–Crippen LogP) is 0.281. The summed E-state index contributed by atoms with van der Waals surface area (Å²) in [6, 6.07) is 3.38. The Labute approximate surface area is 98.8 Å². The standard InChI is InChI=1S/C10H13N3O2S/c11-10(16)13-5-3-12(4-6-13)9(14)8-2-1-7-15-8/h1-2,7H,3-6H2,(H2,11,16). The average molecular weight is 239 g/mol. The smallest absolute Gasteiger partial charge is 0.289 e. The maximum absolute atomic E-state index is 11.9. The van der Waals surface area contributed by atoms with Crippen molar-refractivity contribution in [3.8, 4) is 0 Å². The van der Waals surface area contributed by atoms with E-state index in [9.17, 15) is 4.79 Å². The highest BCUT2D eigenvalue weighted by Gasteiger charge is 2.23. The van der Waals surface area contributed by atoms with Gasteiger partial charge < -0.3 is 20.0 Å². The molecule has 0 unspecified atom stereocenters. The van der Waals surface area contributed by atoms with Crippen LogP contribution in [0.15, 0.2) is 22.8 Å². The van der Waals surface area contributed by atoms with Gasteiger partial charge in [-0.3, -0.25) is 4.79 Å². The van der Waals surface area contributed by atoms with E-state index in [0.29, 0.717) is 37.1 Å². The minimum Gasteiger partial charge on any atom is -0.459 e. The molecule has 0 aromatic carbocycles. The normalized spacial score (nSPS) is 16.2. The molecule has 0 bridgehead atoms. The van der Waals surface area contributed by atoms with Crippen molar-refractivity contribution in [2.24, 2.45) is 5.73 Å². The quantitative estimate of drug-likeness (QED) is 0.713. The second-order valence-electron chi connectivity index (χ2n) is 3.59. The highest BCUT2D eigenvalue weighted by molar-refractivity contribution is 7.80. The number of carbonyl (C=O) groups is 1. The van der Waals surface area contributed by atoms with Crippen LogP contribution >= 0.6 is 12.2 Å². The van der Waals surface area contributed by atoms with Gasteiger partial charge in [0.05, 0.1) is 6.26 Å². The van der Waals surface area contributed by atoms with Gasteiger partial charge in [0, 0.05) is 26.2 Å². The van der Waals surface area contributed by atoms with Crippen molar-refractivity contribution in [2.45, 2.75) is 0 Å². The van der Waals surface area contributed by atoms with Crippen LogP contribution in [0, 0.1) is 0 Å². The lowest BCUT2D eigenvalue weighted by Gasteiger charge is -2.34. The van der Waals surface area contributed by atoms with E-state index in [1.165, 1.54) is 6.26 Å². The van der Waals surface area contributed by atoms with Crippen molar-refractivity contribution >= 4 is 23.2 Å². The topological polar surface area (TPSA) is 62.7 Å². The van der Waals surface area contributed by atoms with Gasteiger partial charge in [0.1, 0.15) is 0 Å². The fourth-order valence-corrected chi connectivity index (χ4v) is 1.87. The van der Waals surface area contributed by atoms with E-state index in [4.69, 9.17) is 22.4 Å². The summed E-state index contributed by atoms with van der Waals surface area (Å²) in [5.41, 5.74) is 5.52. The van der Waals surface area contributed by atoms with Crippen molar-refractivity contribution in [2.75, 3.05) is 26.2 Å². The molecule has 6 heteroatoms. The van der Waals surface area contributed by atoms with Crippen molar-refractivity contribution < 1.29 is 9.21 Å². The van der Waals surface area contributed by atoms with Gasteiger partial charge >= 0.3 is 0 Å². The van der Waals surface area contributed by atoms with Crippen LogP contribution in [0.5, 0.6) is 0 Å². The number of furan rings is 1. The molecule has 2 heterocycles. The molecule has 5 nitrogen and oxygen atoms in total. The third-order valence-corrected chi connectivity index (χ3v) is 2.87. The van der Waals surface area contributed by atoms with Crippen LogP contribution in [0.4, 0.5) is 0 Å². The molecule has 86 valence electrons. The molecule has 1 fully saturated rings. The molecule has 1 saturated heterocycles. The van der Waals surface area contributed by atoms with Gasteiger partial charge in [-0.1, -0.05) is 0 Å². The molecular formula is C10H13N3O2S. The Morgan fingerprint density at radius 3 is 2.44 bits per heavy atom. The average Bonchev–Trinajstić information content (AvgIpc) is 2.81. The summed E-state index contributed by atoms with van der Waals surface area (Å²) in [5.74, 6) is 0.302. The van der Waals surface area contributed by atoms with E-state index in [0.717, 1.165) is 0 Å². The SMILES string of the molecule is NC(=S)N1CCN(C(=O)c2ccco2)CC1. The Balaban J connectivity index is 1.94. The van der Waals surface area contributed by atoms with Crippen molar-refractivity contribution in [3.05, 3.63) is 24.2 Å². The lowest BCUT2D eigenvalue weighted by Crippen LogP contribution is -2.51. The van der Waals surface area contributed by atoms with Gasteiger partial charge in [-0.25, -0.2) is 0 Å². The molecule has 0 saturated carbocycles. The second kappa shape index (κ2) is 4.52. The first-order chi connectivity index (χ1) is 7.68. The Kier molecular flexibility index (Phi) is 3.09. The largest absolute Gasteiger partial charge is 0.459 e. The Morgan fingerprint density at radius 2 is 1.94 bits per heavy atom. The molecule has 0 spiro atoms. The number of rotatable bonds is 1. The third-order valence-electron chi connectivity index (χ3n) is 2.61. The van der Waals surface area contributed by atoms with Crippen LogP contribution in [0.3, 0.4) is 0 Å². The molecule has 1 aliphatic rings. The number of piperazine rings is 1. The fraction of sp³-hybridized carbons (Fsp3) is 0.400. The van der Waals surface area contributed by atoms with Gasteiger partial charge in [-0.05, 0) is 24.4 Å². The molecular weight excluding hydrogens is 226 g/mol. The lowest BCUT2D eigenvalue weighted by molar-refractivity contribution is 0.0660. The van der Waals surface area contributed by atoms with Crippen molar-refractivity contribution in [3.63, 3.8) is 0 Å². The van der Waals surface area contributed by atoms with E-state index in [1.54, 1.807) is 17.0 Å². The van der Waals surface area contributed by atoms with Crippen molar-refractivity contribution in [1.82, 2.24) is 9.80 Å². The summed E-state index contributed by atoms with van der Waals surface area (Å²) in [5, 5.41) is 0.394. The number of hydrogen-bond donors (Lipinski definition) is 1. The summed E-state index contributed by atoms with van der Waals surface area (Å²) >= 11 is 4.88. The van der Waals surface area contributed by atoms with Crippen LogP contribution in [0.2, 0.25) is 0 Å². The van der Waals surface area contributed by atoms with Gasteiger partial charge in [0.25, 0.3) is 5.91 Å². The van der Waals surface area contributed by atoms with E-state index in [-0.39, 0.29) is 5.91 Å². The van der Waals surface area contributed by atoms with E-state index in [1.807, 2.05) is 4.90 Å². The molecule has 0 atom stereocenters. The molecule has 0 radical (unpaired) electrons. The van der Waals surface area contributed by atoms with Gasteiger partial charge in [-0.15, -0.1) is 0 Å². The number of thiocarbonyl (C=S) groups is 1. The van der Waals surface area contributed by atoms with Crippen LogP contribution < -0.4 is 5.73 Å². The highest BCUT2D eigenvalue weighted by Crippen LogP contribution is 2.09. The second-order valence-corrected chi connectivity index (χ2v) is 4.01. The molecule has 0 aliphatic carbocycles. The molecule has 1 aromatic heterocycles. The van der Waals surface area contributed by atoms with Gasteiger partial charge in [-0.2, -0.15) is 0 Å². The maximum atomic E-state index is 11.9. The first-order valence-electron chi connectivity index (χ1n) is 5.05. The summed E-state index contributed by atoms with van der Waals surface area (Å²) in [6.07, 6.45) is 1.50. The lowest BCUT2D eigenvalue weighted by atomic mass is 10.3. The van der Waals surface area contributed by atoms with Crippen molar-refractivity contribution in [1.29, 1.82) is 0 Å². The summed E-state index contributed by atoms with van der Waals surface area (Å²) in [6.45, 7) is 2.61. The van der Waals surface area contributed by atoms with E-state index in [2.05, 4.69) is 0 Å². The summed E-state index contributed by atoms with van der Waals surface area (Å²) < 4.78 is 5.07. The first kappa shape index (κ1) is 10.9. The monoisotopic (exact) mass is 239 g/mol. The zero-order valence-electron chi connectivity index (χ0n) is 8.76. The first-order valence-corrected chi connectivity index (χ1v) is 5.46. The number of amides is 1. The Hall–Kier alpha value is -1.56. The minimum absolute atomic E-state index is 0.0763. The summed E-state index contributed by atoms with van der Waals surface area (Å²) in [4.78, 5) is 15.5. The maximum Gasteiger partial charge on any atom is 0.289 e. The van der Waals surface area contributed by atoms with E-state index >= 15 is 0 Å². The molecule has 1 amide bonds. The van der Waals surface area contributed by atoms with Crippen LogP contribution in [-0.2, 0) is 0 Å². The molecule has 16 heavy (non-hydrogen) atoms. The highest BCUT2D eigenvalue weighted by atomic mass is 32.1. The van der Waals surface area contributed by atoms with E-state index < -0.39 is 0 Å².